The van der Waals surface area contributed by atoms with Crippen molar-refractivity contribution in [1.82, 2.24) is 0 Å². The number of esters is 3. The van der Waals surface area contributed by atoms with Gasteiger partial charge in [-0.2, -0.15) is 0 Å². The van der Waals surface area contributed by atoms with E-state index in [-0.39, 0.29) is 0 Å². The molecule has 0 aromatic heterocycles. The zero-order valence-corrected chi connectivity index (χ0v) is 17.3. The van der Waals surface area contributed by atoms with Gasteiger partial charge in [0.25, 0.3) is 0 Å². The van der Waals surface area contributed by atoms with Gasteiger partial charge in [0.1, 0.15) is 11.9 Å². The molecule has 0 aliphatic carbocycles. The third-order valence-corrected chi connectivity index (χ3v) is 4.51. The van der Waals surface area contributed by atoms with Gasteiger partial charge in [0.2, 0.25) is 12.4 Å². The molecule has 0 radical (unpaired) electrons. The average molecular weight is 492 g/mol. The molecule has 0 saturated carbocycles. The Hall–Kier alpha value is -1.88. The molecule has 0 unspecified atom stereocenters. The quantitative estimate of drug-likeness (QED) is 0.258. The highest BCUT2D eigenvalue weighted by atomic mass is 127. The molecule has 1 aromatic carbocycles. The molecule has 2 rings (SSSR count). The Labute approximate surface area is 170 Å². The number of hydrogen-bond acceptors (Lipinski definition) is 8. The van der Waals surface area contributed by atoms with Crippen molar-refractivity contribution in [2.75, 3.05) is 4.43 Å². The van der Waals surface area contributed by atoms with Crippen LogP contribution < -0.4 is 4.74 Å². The number of benzene rings is 1. The number of carbonyl (C=O) groups excluding carboxylic acids is 3. The van der Waals surface area contributed by atoms with Crippen LogP contribution in [0.15, 0.2) is 30.3 Å². The first-order chi connectivity index (χ1) is 12.8. The number of alkyl halides is 1. The largest absolute Gasteiger partial charge is 0.461 e. The number of halogens is 1. The summed E-state index contributed by atoms with van der Waals surface area (Å²) in [6.07, 6.45) is -4.80. The third-order valence-electron chi connectivity index (χ3n) is 3.64. The maximum Gasteiger partial charge on any atom is 0.303 e. The topological polar surface area (TPSA) is 97.4 Å². The summed E-state index contributed by atoms with van der Waals surface area (Å²) in [6.45, 7) is 3.68. The highest BCUT2D eigenvalue weighted by Gasteiger charge is 2.52. The van der Waals surface area contributed by atoms with Crippen molar-refractivity contribution in [2.24, 2.45) is 0 Å². The van der Waals surface area contributed by atoms with E-state index in [1.54, 1.807) is 24.3 Å². The fourth-order valence-electron chi connectivity index (χ4n) is 2.71. The van der Waals surface area contributed by atoms with Crippen molar-refractivity contribution in [1.29, 1.82) is 0 Å². The fraction of sp³-hybridized carbons (Fsp3) is 0.500. The van der Waals surface area contributed by atoms with Crippen LogP contribution in [-0.4, -0.2) is 53.0 Å². The molecular formula is C18H21IO8. The molecule has 0 amide bonds. The Bertz CT molecular complexity index is 665. The average Bonchev–Trinajstić information content (AvgIpc) is 2.59. The maximum absolute atomic E-state index is 11.6. The van der Waals surface area contributed by atoms with Crippen LogP contribution in [0.25, 0.3) is 0 Å². The van der Waals surface area contributed by atoms with Crippen molar-refractivity contribution in [2.45, 2.75) is 51.5 Å². The molecule has 1 heterocycles. The Kier molecular flexibility index (Phi) is 7.84. The Balaban J connectivity index is 2.38. The molecule has 0 spiro atoms. The van der Waals surface area contributed by atoms with Gasteiger partial charge < -0.3 is 23.7 Å². The summed E-state index contributed by atoms with van der Waals surface area (Å²) in [6, 6.07) is 8.81. The summed E-state index contributed by atoms with van der Waals surface area (Å²) in [4.78, 5) is 34.8. The van der Waals surface area contributed by atoms with Crippen LogP contribution in [0.1, 0.15) is 20.8 Å². The van der Waals surface area contributed by atoms with Crippen LogP contribution in [-0.2, 0) is 33.3 Å². The minimum absolute atomic E-state index is 0.426. The molecule has 0 N–H and O–H groups in total. The lowest BCUT2D eigenvalue weighted by atomic mass is 9.99. The second kappa shape index (κ2) is 9.88. The van der Waals surface area contributed by atoms with Crippen LogP contribution in [0.2, 0.25) is 0 Å². The number of carbonyl (C=O) groups is 3. The van der Waals surface area contributed by atoms with Crippen molar-refractivity contribution in [3.05, 3.63) is 30.3 Å². The molecule has 0 bridgehead atoms. The van der Waals surface area contributed by atoms with Gasteiger partial charge >= 0.3 is 17.9 Å². The monoisotopic (exact) mass is 492 g/mol. The van der Waals surface area contributed by atoms with E-state index in [2.05, 4.69) is 22.6 Å². The second-order valence-corrected chi connectivity index (χ2v) is 6.73. The SMILES string of the molecule is CC(=O)O[C@@H]1[C@@H](OC(C)=O)[C@@H](Oc2ccccc2)O[C@H](CI)[C@H]1OC(C)=O. The van der Waals surface area contributed by atoms with Crippen molar-refractivity contribution in [3.8, 4) is 5.75 Å². The first-order valence-corrected chi connectivity index (χ1v) is 9.79. The van der Waals surface area contributed by atoms with E-state index in [1.807, 2.05) is 6.07 Å². The summed E-state index contributed by atoms with van der Waals surface area (Å²) < 4.78 is 28.2. The highest BCUT2D eigenvalue weighted by molar-refractivity contribution is 14.1. The van der Waals surface area contributed by atoms with Crippen LogP contribution >= 0.6 is 22.6 Å². The summed E-state index contributed by atoms with van der Waals surface area (Å²) >= 11 is 2.07. The number of rotatable bonds is 6. The summed E-state index contributed by atoms with van der Waals surface area (Å²) in [5.41, 5.74) is 0. The minimum atomic E-state index is -1.12. The zero-order valence-electron chi connectivity index (χ0n) is 15.1. The van der Waals surface area contributed by atoms with E-state index < -0.39 is 48.6 Å². The van der Waals surface area contributed by atoms with E-state index in [9.17, 15) is 14.4 Å². The number of para-hydroxylation sites is 1. The van der Waals surface area contributed by atoms with Crippen LogP contribution in [0.4, 0.5) is 0 Å². The van der Waals surface area contributed by atoms with Crippen molar-refractivity contribution >= 4 is 40.5 Å². The van der Waals surface area contributed by atoms with E-state index in [0.29, 0.717) is 10.2 Å². The molecule has 1 aromatic rings. The standard InChI is InChI=1S/C18H21IO8/c1-10(20)23-15-14(9-19)27-18(26-13-7-5-4-6-8-13)17(25-12(3)22)16(15)24-11(2)21/h4-8,14-18H,9H2,1-3H3/t14-,15-,16+,17-,18+/m1/s1. The van der Waals surface area contributed by atoms with Crippen molar-refractivity contribution in [3.63, 3.8) is 0 Å². The number of hydrogen-bond donors (Lipinski definition) is 0. The number of ether oxygens (including phenoxy) is 5. The van der Waals surface area contributed by atoms with Gasteiger partial charge in [-0.1, -0.05) is 40.8 Å². The van der Waals surface area contributed by atoms with E-state index in [4.69, 9.17) is 23.7 Å². The van der Waals surface area contributed by atoms with Crippen LogP contribution in [0, 0.1) is 0 Å². The van der Waals surface area contributed by atoms with Gasteiger partial charge in [0.05, 0.1) is 0 Å². The first-order valence-electron chi connectivity index (χ1n) is 8.26. The summed E-state index contributed by atoms with van der Waals surface area (Å²) in [7, 11) is 0. The fourth-order valence-corrected chi connectivity index (χ4v) is 3.42. The Morgan fingerprint density at radius 1 is 0.889 bits per heavy atom. The highest BCUT2D eigenvalue weighted by Crippen LogP contribution is 2.31. The molecule has 8 nitrogen and oxygen atoms in total. The van der Waals surface area contributed by atoms with Crippen LogP contribution in [0.3, 0.4) is 0 Å². The summed E-state index contributed by atoms with van der Waals surface area (Å²) in [5.74, 6) is -1.31. The lowest BCUT2D eigenvalue weighted by molar-refractivity contribution is -0.279. The summed E-state index contributed by atoms with van der Waals surface area (Å²) in [5, 5.41) is 0. The Morgan fingerprint density at radius 2 is 1.41 bits per heavy atom. The minimum Gasteiger partial charge on any atom is -0.461 e. The third kappa shape index (κ3) is 6.06. The van der Waals surface area contributed by atoms with Gasteiger partial charge in [-0.3, -0.25) is 14.4 Å². The van der Waals surface area contributed by atoms with E-state index in [1.165, 1.54) is 20.8 Å². The van der Waals surface area contributed by atoms with Gasteiger partial charge in [0.15, 0.2) is 12.2 Å². The molecular weight excluding hydrogens is 471 g/mol. The molecule has 1 aliphatic rings. The molecule has 27 heavy (non-hydrogen) atoms. The molecule has 1 aliphatic heterocycles. The normalized spacial score (nSPS) is 27.3. The van der Waals surface area contributed by atoms with Gasteiger partial charge in [-0.05, 0) is 12.1 Å². The van der Waals surface area contributed by atoms with Crippen LogP contribution in [0.5, 0.6) is 5.75 Å². The van der Waals surface area contributed by atoms with E-state index >= 15 is 0 Å². The maximum atomic E-state index is 11.6. The predicted molar refractivity (Wildman–Crippen MR) is 101 cm³/mol. The second-order valence-electron chi connectivity index (χ2n) is 5.85. The van der Waals surface area contributed by atoms with Gasteiger partial charge in [-0.15, -0.1) is 0 Å². The molecule has 1 fully saturated rings. The lowest BCUT2D eigenvalue weighted by Crippen LogP contribution is -2.63. The molecule has 148 valence electrons. The Morgan fingerprint density at radius 3 is 1.93 bits per heavy atom. The van der Waals surface area contributed by atoms with Crippen molar-refractivity contribution < 1.29 is 38.1 Å². The van der Waals surface area contributed by atoms with E-state index in [0.717, 1.165) is 0 Å². The van der Waals surface area contributed by atoms with Gasteiger partial charge in [0, 0.05) is 25.2 Å². The lowest BCUT2D eigenvalue weighted by Gasteiger charge is -2.43. The smallest absolute Gasteiger partial charge is 0.303 e. The molecule has 5 atom stereocenters. The predicted octanol–water partition coefficient (Wildman–Crippen LogP) is 2.02. The molecule has 9 heteroatoms. The molecule has 1 saturated heterocycles. The van der Waals surface area contributed by atoms with Gasteiger partial charge in [-0.25, -0.2) is 0 Å². The zero-order chi connectivity index (χ0) is 20.0. The first kappa shape index (κ1) is 21.4.